The van der Waals surface area contributed by atoms with Gasteiger partial charge in [0.25, 0.3) is 0 Å². The van der Waals surface area contributed by atoms with E-state index in [0.717, 1.165) is 17.8 Å². The van der Waals surface area contributed by atoms with Crippen LogP contribution in [0, 0.1) is 0 Å². The fourth-order valence-corrected chi connectivity index (χ4v) is 1.19. The van der Waals surface area contributed by atoms with Crippen molar-refractivity contribution in [1.82, 2.24) is 0 Å². The first kappa shape index (κ1) is 14.7. The third kappa shape index (κ3) is 6.24. The molecule has 0 aromatic heterocycles. The van der Waals surface area contributed by atoms with Crippen LogP contribution in [0.3, 0.4) is 0 Å². The predicted molar refractivity (Wildman–Crippen MR) is 62.2 cm³/mol. The van der Waals surface area contributed by atoms with Gasteiger partial charge in [0.2, 0.25) is 0 Å². The summed E-state index contributed by atoms with van der Waals surface area (Å²) in [5, 5.41) is 8.52. The summed E-state index contributed by atoms with van der Waals surface area (Å²) in [6, 6.07) is 0. The van der Waals surface area contributed by atoms with E-state index in [2.05, 4.69) is 6.58 Å². The van der Waals surface area contributed by atoms with Crippen LogP contribution in [0.4, 0.5) is 0 Å². The van der Waals surface area contributed by atoms with Crippen LogP contribution in [-0.2, 0) is 14.3 Å². The molecule has 0 fully saturated rings. The molecule has 0 saturated carbocycles. The molecule has 0 heterocycles. The summed E-state index contributed by atoms with van der Waals surface area (Å²) in [7, 11) is 1.61. The largest absolute Gasteiger partial charge is 0.501 e. The molecule has 0 aliphatic rings. The molecule has 0 spiro atoms. The molecule has 4 heteroatoms. The van der Waals surface area contributed by atoms with Gasteiger partial charge in [0, 0.05) is 6.42 Å². The maximum Gasteiger partial charge on any atom is 0.329 e. The normalized spacial score (nSPS) is 13.3. The predicted octanol–water partition coefficient (Wildman–Crippen LogP) is 2.36. The van der Waals surface area contributed by atoms with Crippen molar-refractivity contribution in [2.45, 2.75) is 32.8 Å². The topological polar surface area (TPSA) is 55.8 Å². The van der Waals surface area contributed by atoms with Gasteiger partial charge in [-0.3, -0.25) is 0 Å². The minimum atomic E-state index is -0.974. The van der Waals surface area contributed by atoms with Gasteiger partial charge in [-0.2, -0.15) is 0 Å². The smallest absolute Gasteiger partial charge is 0.329 e. The highest BCUT2D eigenvalue weighted by Crippen LogP contribution is 2.12. The summed E-state index contributed by atoms with van der Waals surface area (Å²) < 4.78 is 10.3. The van der Waals surface area contributed by atoms with Gasteiger partial charge < -0.3 is 14.6 Å². The van der Waals surface area contributed by atoms with Gasteiger partial charge in [-0.25, -0.2) is 4.79 Å². The van der Waals surface area contributed by atoms with Crippen LogP contribution in [0.2, 0.25) is 0 Å². The Bertz CT molecular complexity index is 262. The fraction of sp³-hybridized carbons (Fsp3) is 0.583. The van der Waals surface area contributed by atoms with Crippen LogP contribution in [0.25, 0.3) is 0 Å². The third-order valence-corrected chi connectivity index (χ3v) is 2.13. The van der Waals surface area contributed by atoms with Gasteiger partial charge >= 0.3 is 5.97 Å². The number of carbonyl (C=O) groups is 1. The minimum Gasteiger partial charge on any atom is -0.501 e. The molecule has 0 aromatic carbocycles. The second-order valence-electron chi connectivity index (χ2n) is 3.50. The molecule has 0 saturated heterocycles. The number of carboxylic acid groups (broad SMARTS) is 1. The van der Waals surface area contributed by atoms with E-state index in [1.165, 1.54) is 0 Å². The van der Waals surface area contributed by atoms with Crippen LogP contribution in [0.15, 0.2) is 24.0 Å². The zero-order chi connectivity index (χ0) is 12.6. The van der Waals surface area contributed by atoms with Crippen molar-refractivity contribution in [3.05, 3.63) is 24.0 Å². The molecule has 1 N–H and O–H groups in total. The number of ether oxygens (including phenoxy) is 2. The van der Waals surface area contributed by atoms with Crippen LogP contribution in [-0.4, -0.2) is 30.9 Å². The average molecular weight is 228 g/mol. The van der Waals surface area contributed by atoms with Gasteiger partial charge in [-0.1, -0.05) is 19.1 Å². The van der Waals surface area contributed by atoms with Gasteiger partial charge in [0.15, 0.2) is 0 Å². The molecule has 0 aliphatic carbocycles. The first-order valence-electron chi connectivity index (χ1n) is 5.23. The molecule has 0 amide bonds. The van der Waals surface area contributed by atoms with E-state index in [9.17, 15) is 4.79 Å². The Morgan fingerprint density at radius 1 is 1.56 bits per heavy atom. The average Bonchev–Trinajstić information content (AvgIpc) is 2.22. The molecule has 0 rings (SSSR count). The molecule has 16 heavy (non-hydrogen) atoms. The molecular formula is C12H20O4. The summed E-state index contributed by atoms with van der Waals surface area (Å²) in [6.45, 7) is 7.28. The maximum absolute atomic E-state index is 10.4. The summed E-state index contributed by atoms with van der Waals surface area (Å²) in [5.74, 6) is -0.108. The molecule has 92 valence electrons. The lowest BCUT2D eigenvalue weighted by Crippen LogP contribution is -2.18. The first-order chi connectivity index (χ1) is 7.51. The van der Waals surface area contributed by atoms with E-state index in [1.807, 2.05) is 19.9 Å². The zero-order valence-electron chi connectivity index (χ0n) is 10.2. The van der Waals surface area contributed by atoms with Crippen molar-refractivity contribution in [2.24, 2.45) is 0 Å². The van der Waals surface area contributed by atoms with Gasteiger partial charge in [0.1, 0.15) is 6.61 Å². The number of methoxy groups -OCH3 is 1. The summed E-state index contributed by atoms with van der Waals surface area (Å²) in [6.07, 6.45) is 3.02. The van der Waals surface area contributed by atoms with E-state index in [1.54, 1.807) is 7.11 Å². The van der Waals surface area contributed by atoms with Crippen LogP contribution in [0.1, 0.15) is 26.7 Å². The summed E-state index contributed by atoms with van der Waals surface area (Å²) in [5.41, 5.74) is 0.809. The molecule has 0 radical (unpaired) electrons. The Balaban J connectivity index is 4.28. The molecule has 0 bridgehead atoms. The van der Waals surface area contributed by atoms with E-state index >= 15 is 0 Å². The van der Waals surface area contributed by atoms with Crippen LogP contribution >= 0.6 is 0 Å². The van der Waals surface area contributed by atoms with Crippen molar-refractivity contribution in [1.29, 1.82) is 0 Å². The summed E-state index contributed by atoms with van der Waals surface area (Å²) >= 11 is 0. The maximum atomic E-state index is 10.4. The first-order valence-corrected chi connectivity index (χ1v) is 5.23. The second kappa shape index (κ2) is 7.93. The lowest BCUT2D eigenvalue weighted by molar-refractivity contribution is -0.143. The Labute approximate surface area is 96.6 Å². The number of carboxylic acids is 1. The van der Waals surface area contributed by atoms with Crippen molar-refractivity contribution < 1.29 is 19.4 Å². The number of rotatable bonds is 8. The molecule has 4 nitrogen and oxygen atoms in total. The molecule has 1 unspecified atom stereocenters. The van der Waals surface area contributed by atoms with E-state index < -0.39 is 5.97 Å². The van der Waals surface area contributed by atoms with Gasteiger partial charge in [-0.15, -0.1) is 0 Å². The van der Waals surface area contributed by atoms with Gasteiger partial charge in [-0.05, 0) is 19.4 Å². The molecule has 0 aliphatic heterocycles. The van der Waals surface area contributed by atoms with Crippen molar-refractivity contribution in [2.75, 3.05) is 13.7 Å². The molecule has 1 atom stereocenters. The second-order valence-corrected chi connectivity index (χ2v) is 3.50. The SMILES string of the molecule is C=C(C)C(C/C=C(\CC)OC)OCC(=O)O. The molecular weight excluding hydrogens is 208 g/mol. The Morgan fingerprint density at radius 3 is 2.56 bits per heavy atom. The highest BCUT2D eigenvalue weighted by molar-refractivity contribution is 5.68. The van der Waals surface area contributed by atoms with Crippen molar-refractivity contribution in [3.63, 3.8) is 0 Å². The number of allylic oxidation sites excluding steroid dienone is 1. The minimum absolute atomic E-state index is 0.271. The summed E-state index contributed by atoms with van der Waals surface area (Å²) in [4.78, 5) is 10.4. The quantitative estimate of drug-likeness (QED) is 0.512. The third-order valence-electron chi connectivity index (χ3n) is 2.13. The Hall–Kier alpha value is -1.29. The molecule has 0 aromatic rings. The number of hydrogen-bond donors (Lipinski definition) is 1. The Morgan fingerprint density at radius 2 is 2.19 bits per heavy atom. The van der Waals surface area contributed by atoms with E-state index in [0.29, 0.717) is 6.42 Å². The number of aliphatic carboxylic acids is 1. The van der Waals surface area contributed by atoms with Gasteiger partial charge in [0.05, 0.1) is 19.0 Å². The Kier molecular flexibility index (Phi) is 7.29. The lowest BCUT2D eigenvalue weighted by atomic mass is 10.1. The lowest BCUT2D eigenvalue weighted by Gasteiger charge is -2.15. The van der Waals surface area contributed by atoms with E-state index in [-0.39, 0.29) is 12.7 Å². The highest BCUT2D eigenvalue weighted by Gasteiger charge is 2.11. The standard InChI is InChI=1S/C12H20O4/c1-5-10(15-4)6-7-11(9(2)3)16-8-12(13)14/h6,11H,2,5,7-8H2,1,3-4H3,(H,13,14)/b10-6+. The van der Waals surface area contributed by atoms with Crippen molar-refractivity contribution in [3.8, 4) is 0 Å². The monoisotopic (exact) mass is 228 g/mol. The van der Waals surface area contributed by atoms with E-state index in [4.69, 9.17) is 14.6 Å². The highest BCUT2D eigenvalue weighted by atomic mass is 16.5. The van der Waals surface area contributed by atoms with Crippen LogP contribution < -0.4 is 0 Å². The van der Waals surface area contributed by atoms with Crippen LogP contribution in [0.5, 0.6) is 0 Å². The zero-order valence-corrected chi connectivity index (χ0v) is 10.2. The number of hydrogen-bond acceptors (Lipinski definition) is 3. The van der Waals surface area contributed by atoms with Crippen molar-refractivity contribution >= 4 is 5.97 Å². The fourth-order valence-electron chi connectivity index (χ4n) is 1.19.